The Labute approximate surface area is 202 Å². The van der Waals surface area contributed by atoms with Gasteiger partial charge in [0.2, 0.25) is 5.88 Å². The summed E-state index contributed by atoms with van der Waals surface area (Å²) in [6.07, 6.45) is 6.24. The largest absolute Gasteiger partial charge is 0.488 e. The number of nitrogens with zero attached hydrogens (tertiary/aromatic N) is 5. The molecular weight excluding hydrogens is 452 g/mol. The van der Waals surface area contributed by atoms with Crippen LogP contribution in [0.4, 0.5) is 5.82 Å². The van der Waals surface area contributed by atoms with Gasteiger partial charge in [-0.25, -0.2) is 9.97 Å². The highest BCUT2D eigenvalue weighted by atomic mass is 16.5. The molecule has 2 aliphatic heterocycles. The molecule has 2 aliphatic rings. The summed E-state index contributed by atoms with van der Waals surface area (Å²) >= 11 is 0. The van der Waals surface area contributed by atoms with Crippen molar-refractivity contribution in [1.29, 1.82) is 0 Å². The van der Waals surface area contributed by atoms with Crippen molar-refractivity contribution in [2.45, 2.75) is 32.4 Å². The summed E-state index contributed by atoms with van der Waals surface area (Å²) in [6, 6.07) is 6.65. The van der Waals surface area contributed by atoms with Gasteiger partial charge in [0.15, 0.2) is 5.82 Å². The van der Waals surface area contributed by atoms with Crippen molar-refractivity contribution in [3.8, 4) is 17.4 Å². The minimum Gasteiger partial charge on any atom is -0.488 e. The summed E-state index contributed by atoms with van der Waals surface area (Å²) in [7, 11) is 0. The van der Waals surface area contributed by atoms with Crippen molar-refractivity contribution < 1.29 is 23.8 Å². The molecule has 2 amide bonds. The zero-order valence-electron chi connectivity index (χ0n) is 19.3. The molecule has 2 fully saturated rings. The van der Waals surface area contributed by atoms with E-state index < -0.39 is 0 Å². The Balaban J connectivity index is 1.35. The maximum atomic E-state index is 13.0. The van der Waals surface area contributed by atoms with Crippen LogP contribution in [0.25, 0.3) is 0 Å². The second-order valence-corrected chi connectivity index (χ2v) is 8.30. The quantitative estimate of drug-likeness (QED) is 0.525. The highest BCUT2D eigenvalue weighted by Gasteiger charge is 2.23. The molecule has 5 rings (SSSR count). The molecule has 0 spiro atoms. The first-order valence-corrected chi connectivity index (χ1v) is 11.6. The van der Waals surface area contributed by atoms with E-state index in [-0.39, 0.29) is 29.5 Å². The number of hydrogen-bond donors (Lipinski definition) is 1. The molecule has 35 heavy (non-hydrogen) atoms. The number of amides is 2. The summed E-state index contributed by atoms with van der Waals surface area (Å²) in [4.78, 5) is 35.4. The fraction of sp³-hybridized carbons (Fsp3) is 0.375. The van der Waals surface area contributed by atoms with Crippen LogP contribution in [0.1, 0.15) is 40.6 Å². The Hall–Kier alpha value is -3.99. The topological polar surface area (TPSA) is 121 Å². The van der Waals surface area contributed by atoms with Crippen molar-refractivity contribution in [3.05, 3.63) is 54.1 Å². The number of rotatable bonds is 8. The number of hydrogen-bond acceptors (Lipinski definition) is 8. The molecule has 1 unspecified atom stereocenters. The lowest BCUT2D eigenvalue weighted by Gasteiger charge is -2.30. The number of carbonyl (C=O) groups is 2. The van der Waals surface area contributed by atoms with Crippen molar-refractivity contribution >= 4 is 17.6 Å². The summed E-state index contributed by atoms with van der Waals surface area (Å²) in [6.45, 7) is 5.25. The lowest BCUT2D eigenvalue weighted by atomic mass is 10.2. The van der Waals surface area contributed by atoms with Crippen LogP contribution < -0.4 is 14.8 Å². The molecule has 0 aliphatic carbocycles. The fourth-order valence-corrected chi connectivity index (χ4v) is 3.70. The van der Waals surface area contributed by atoms with E-state index in [1.807, 2.05) is 6.92 Å². The zero-order valence-corrected chi connectivity index (χ0v) is 19.3. The van der Waals surface area contributed by atoms with Gasteiger partial charge in [-0.1, -0.05) is 0 Å². The van der Waals surface area contributed by atoms with Crippen LogP contribution in [0.15, 0.2) is 42.9 Å². The van der Waals surface area contributed by atoms with E-state index in [1.54, 1.807) is 40.0 Å². The van der Waals surface area contributed by atoms with Crippen molar-refractivity contribution in [2.75, 3.05) is 31.6 Å². The van der Waals surface area contributed by atoms with E-state index in [0.717, 1.165) is 25.9 Å². The molecule has 1 aromatic carbocycles. The van der Waals surface area contributed by atoms with Gasteiger partial charge in [0.05, 0.1) is 25.6 Å². The number of nitrogens with one attached hydrogen (secondary N) is 1. The van der Waals surface area contributed by atoms with E-state index in [9.17, 15) is 9.59 Å². The second-order valence-electron chi connectivity index (χ2n) is 8.30. The standard InChI is InChI=1S/C24H26N6O5/c1-2-30-8-4-21(28-30)27-23(31)16-10-18(34-17-5-9-33-15-17)12-19(11-16)35-22-14-25-20(13-26-22)24(32)29-6-3-7-29/h4,8,10-14,17H,2-3,5-7,9,15H2,1H3,(H,27,28,31). The number of aromatic nitrogens is 4. The van der Waals surface area contributed by atoms with E-state index in [4.69, 9.17) is 14.2 Å². The third-order valence-electron chi connectivity index (χ3n) is 5.75. The van der Waals surface area contributed by atoms with E-state index in [2.05, 4.69) is 20.4 Å². The first kappa shape index (κ1) is 22.8. The van der Waals surface area contributed by atoms with Crippen molar-refractivity contribution in [2.24, 2.45) is 0 Å². The lowest BCUT2D eigenvalue weighted by Crippen LogP contribution is -2.42. The maximum absolute atomic E-state index is 13.0. The molecule has 3 aromatic rings. The first-order valence-electron chi connectivity index (χ1n) is 11.6. The van der Waals surface area contributed by atoms with Gasteiger partial charge in [0, 0.05) is 49.9 Å². The molecule has 11 heteroatoms. The minimum absolute atomic E-state index is 0.104. The second kappa shape index (κ2) is 10.1. The average Bonchev–Trinajstić information content (AvgIpc) is 3.50. The van der Waals surface area contributed by atoms with Crippen LogP contribution in [0.2, 0.25) is 0 Å². The van der Waals surface area contributed by atoms with Crippen LogP contribution >= 0.6 is 0 Å². The minimum atomic E-state index is -0.356. The predicted octanol–water partition coefficient (Wildman–Crippen LogP) is 2.75. The van der Waals surface area contributed by atoms with Gasteiger partial charge >= 0.3 is 0 Å². The number of ether oxygens (including phenoxy) is 3. The highest BCUT2D eigenvalue weighted by molar-refractivity contribution is 6.04. The monoisotopic (exact) mass is 478 g/mol. The predicted molar refractivity (Wildman–Crippen MR) is 125 cm³/mol. The fourth-order valence-electron chi connectivity index (χ4n) is 3.70. The van der Waals surface area contributed by atoms with Gasteiger partial charge in [-0.15, -0.1) is 0 Å². The van der Waals surface area contributed by atoms with Crippen LogP contribution in [0.5, 0.6) is 17.4 Å². The summed E-state index contributed by atoms with van der Waals surface area (Å²) < 4.78 is 19.0. The third kappa shape index (κ3) is 5.40. The molecule has 11 nitrogen and oxygen atoms in total. The molecule has 4 heterocycles. The average molecular weight is 479 g/mol. The van der Waals surface area contributed by atoms with Gasteiger partial charge < -0.3 is 24.4 Å². The number of aryl methyl sites for hydroxylation is 1. The Kier molecular flexibility index (Phi) is 6.57. The normalized spacial score (nSPS) is 17.1. The van der Waals surface area contributed by atoms with E-state index in [1.165, 1.54) is 12.4 Å². The number of benzene rings is 1. The summed E-state index contributed by atoms with van der Waals surface area (Å²) in [5, 5.41) is 7.08. The summed E-state index contributed by atoms with van der Waals surface area (Å²) in [5.74, 6) is 0.962. The summed E-state index contributed by atoms with van der Waals surface area (Å²) in [5.41, 5.74) is 0.599. The smallest absolute Gasteiger partial charge is 0.274 e. The van der Waals surface area contributed by atoms with Crippen LogP contribution in [-0.4, -0.2) is 68.9 Å². The molecule has 182 valence electrons. The molecule has 1 atom stereocenters. The van der Waals surface area contributed by atoms with Crippen molar-refractivity contribution in [3.63, 3.8) is 0 Å². The zero-order chi connectivity index (χ0) is 24.2. The SMILES string of the molecule is CCn1ccc(NC(=O)c2cc(Oc3cnc(C(=O)N4CCC4)cn3)cc(OC3CCOC3)c2)n1. The van der Waals surface area contributed by atoms with Crippen LogP contribution in [-0.2, 0) is 11.3 Å². The molecule has 2 saturated heterocycles. The van der Waals surface area contributed by atoms with Crippen molar-refractivity contribution in [1.82, 2.24) is 24.6 Å². The molecule has 0 radical (unpaired) electrons. The number of anilines is 1. The maximum Gasteiger partial charge on any atom is 0.274 e. The first-order chi connectivity index (χ1) is 17.1. The van der Waals surface area contributed by atoms with E-state index in [0.29, 0.717) is 42.6 Å². The van der Waals surface area contributed by atoms with Gasteiger partial charge in [0.25, 0.3) is 11.8 Å². The molecule has 0 bridgehead atoms. The number of likely N-dealkylation sites (tertiary alicyclic amines) is 1. The Morgan fingerprint density at radius 1 is 1.17 bits per heavy atom. The molecule has 0 saturated carbocycles. The van der Waals surface area contributed by atoms with Gasteiger partial charge in [-0.3, -0.25) is 14.3 Å². The van der Waals surface area contributed by atoms with E-state index >= 15 is 0 Å². The number of carbonyl (C=O) groups excluding carboxylic acids is 2. The molecule has 2 aromatic heterocycles. The van der Waals surface area contributed by atoms with Crippen LogP contribution in [0.3, 0.4) is 0 Å². The van der Waals surface area contributed by atoms with Gasteiger partial charge in [0.1, 0.15) is 23.3 Å². The Morgan fingerprint density at radius 2 is 2.03 bits per heavy atom. The Bertz CT molecular complexity index is 1200. The third-order valence-corrected chi connectivity index (χ3v) is 5.75. The Morgan fingerprint density at radius 3 is 2.69 bits per heavy atom. The van der Waals surface area contributed by atoms with Gasteiger partial charge in [-0.05, 0) is 25.5 Å². The lowest BCUT2D eigenvalue weighted by molar-refractivity contribution is 0.0645. The molecular formula is C24H26N6O5. The van der Waals surface area contributed by atoms with Crippen LogP contribution in [0, 0.1) is 0 Å². The van der Waals surface area contributed by atoms with Gasteiger partial charge in [-0.2, -0.15) is 5.10 Å². The molecule has 1 N–H and O–H groups in total. The highest BCUT2D eigenvalue weighted by Crippen LogP contribution is 2.29.